The highest BCUT2D eigenvalue weighted by Crippen LogP contribution is 2.10. The van der Waals surface area contributed by atoms with Crippen molar-refractivity contribution in [3.05, 3.63) is 35.7 Å². The van der Waals surface area contributed by atoms with Crippen LogP contribution >= 0.6 is 0 Å². The van der Waals surface area contributed by atoms with Gasteiger partial charge in [0.1, 0.15) is 5.75 Å². The maximum absolute atomic E-state index is 5.45. The Kier molecular flexibility index (Phi) is 4.86. The van der Waals surface area contributed by atoms with Gasteiger partial charge in [-0.25, -0.2) is 0 Å². The lowest BCUT2D eigenvalue weighted by atomic mass is 10.2. The minimum Gasteiger partial charge on any atom is -0.494 e. The Morgan fingerprint density at radius 1 is 1.10 bits per heavy atom. The molecule has 8 heteroatoms. The van der Waals surface area contributed by atoms with Gasteiger partial charge in [-0.15, -0.1) is 0 Å². The average molecular weight is 288 g/mol. The van der Waals surface area contributed by atoms with Crippen LogP contribution in [0.15, 0.2) is 29.4 Å². The Bertz CT molecular complexity index is 594. The van der Waals surface area contributed by atoms with E-state index in [1.807, 2.05) is 31.2 Å². The van der Waals surface area contributed by atoms with Crippen molar-refractivity contribution in [1.82, 2.24) is 15.0 Å². The summed E-state index contributed by atoms with van der Waals surface area (Å²) in [6, 6.07) is 7.46. The summed E-state index contributed by atoms with van der Waals surface area (Å²) in [6.45, 7) is 2.63. The van der Waals surface area contributed by atoms with Gasteiger partial charge in [0.15, 0.2) is 12.4 Å². The Hall–Kier alpha value is -2.90. The molecular formula is C13H16N6O2. The number of ether oxygens (including phenoxy) is 1. The van der Waals surface area contributed by atoms with Crippen LogP contribution in [0.3, 0.4) is 0 Å². The van der Waals surface area contributed by atoms with Gasteiger partial charge in [0.05, 0.1) is 12.8 Å². The van der Waals surface area contributed by atoms with Gasteiger partial charge in [0, 0.05) is 0 Å². The Balaban J connectivity index is 1.87. The minimum absolute atomic E-state index is 0.0524. The largest absolute Gasteiger partial charge is 0.494 e. The molecule has 2 rings (SSSR count). The summed E-state index contributed by atoms with van der Waals surface area (Å²) in [5.41, 5.74) is 11.8. The predicted octanol–water partition coefficient (Wildman–Crippen LogP) is 0.985. The number of nitrogen functional groups attached to an aromatic ring is 2. The molecule has 0 amide bonds. The van der Waals surface area contributed by atoms with Crippen LogP contribution in [0.5, 0.6) is 5.75 Å². The quantitative estimate of drug-likeness (QED) is 0.600. The molecule has 21 heavy (non-hydrogen) atoms. The van der Waals surface area contributed by atoms with E-state index in [9.17, 15) is 0 Å². The number of oxime groups is 1. The molecule has 0 radical (unpaired) electrons. The van der Waals surface area contributed by atoms with E-state index in [-0.39, 0.29) is 18.5 Å². The first-order chi connectivity index (χ1) is 10.2. The molecule has 0 aliphatic carbocycles. The van der Waals surface area contributed by atoms with E-state index >= 15 is 0 Å². The zero-order valence-electron chi connectivity index (χ0n) is 11.6. The predicted molar refractivity (Wildman–Crippen MR) is 78.6 cm³/mol. The van der Waals surface area contributed by atoms with Crippen molar-refractivity contribution < 1.29 is 9.57 Å². The summed E-state index contributed by atoms with van der Waals surface area (Å²) >= 11 is 0. The van der Waals surface area contributed by atoms with Crippen LogP contribution in [0.2, 0.25) is 0 Å². The monoisotopic (exact) mass is 288 g/mol. The van der Waals surface area contributed by atoms with Crippen LogP contribution < -0.4 is 16.2 Å². The third kappa shape index (κ3) is 4.60. The van der Waals surface area contributed by atoms with Crippen molar-refractivity contribution in [3.8, 4) is 5.75 Å². The summed E-state index contributed by atoms with van der Waals surface area (Å²) in [7, 11) is 0. The van der Waals surface area contributed by atoms with Crippen molar-refractivity contribution in [1.29, 1.82) is 0 Å². The summed E-state index contributed by atoms with van der Waals surface area (Å²) in [6.07, 6.45) is 1.57. The number of hydrogen-bond donors (Lipinski definition) is 2. The van der Waals surface area contributed by atoms with Gasteiger partial charge < -0.3 is 21.0 Å². The number of rotatable bonds is 6. The van der Waals surface area contributed by atoms with Gasteiger partial charge in [-0.2, -0.15) is 15.0 Å². The van der Waals surface area contributed by atoms with E-state index in [0.717, 1.165) is 11.3 Å². The second-order valence-corrected chi connectivity index (χ2v) is 3.98. The number of aromatic nitrogens is 3. The average Bonchev–Trinajstić information content (AvgIpc) is 2.45. The van der Waals surface area contributed by atoms with E-state index in [2.05, 4.69) is 20.1 Å². The molecule has 0 aliphatic rings. The second-order valence-electron chi connectivity index (χ2n) is 3.98. The van der Waals surface area contributed by atoms with E-state index < -0.39 is 0 Å². The third-order valence-corrected chi connectivity index (χ3v) is 2.38. The fourth-order valence-electron chi connectivity index (χ4n) is 1.53. The summed E-state index contributed by atoms with van der Waals surface area (Å²) in [5, 5.41) is 3.82. The van der Waals surface area contributed by atoms with E-state index in [1.54, 1.807) is 6.21 Å². The fraction of sp³-hybridized carbons (Fsp3) is 0.231. The molecule has 0 aliphatic heterocycles. The van der Waals surface area contributed by atoms with E-state index in [4.69, 9.17) is 21.0 Å². The molecule has 1 aromatic carbocycles. The summed E-state index contributed by atoms with van der Waals surface area (Å²) in [4.78, 5) is 16.5. The van der Waals surface area contributed by atoms with E-state index in [1.165, 1.54) is 0 Å². The molecule has 0 unspecified atom stereocenters. The molecule has 0 atom stereocenters. The zero-order chi connectivity index (χ0) is 15.1. The zero-order valence-corrected chi connectivity index (χ0v) is 11.6. The lowest BCUT2D eigenvalue weighted by Crippen LogP contribution is -2.07. The Morgan fingerprint density at radius 3 is 2.38 bits per heavy atom. The highest BCUT2D eigenvalue weighted by atomic mass is 16.6. The smallest absolute Gasteiger partial charge is 0.225 e. The third-order valence-electron chi connectivity index (χ3n) is 2.38. The van der Waals surface area contributed by atoms with Crippen LogP contribution in [-0.2, 0) is 11.4 Å². The van der Waals surface area contributed by atoms with Gasteiger partial charge in [-0.3, -0.25) is 0 Å². The standard InChI is InChI=1S/C13H16N6O2/c1-2-20-10-5-3-9(4-6-10)7-16-21-8-11-17-12(14)19-13(15)18-11/h3-7H,2,8H2,1H3,(H4,14,15,17,18,19)/b16-7-. The van der Waals surface area contributed by atoms with Crippen LogP contribution in [0.25, 0.3) is 0 Å². The first kappa shape index (κ1) is 14.5. The van der Waals surface area contributed by atoms with Gasteiger partial charge >= 0.3 is 0 Å². The van der Waals surface area contributed by atoms with E-state index in [0.29, 0.717) is 12.4 Å². The SMILES string of the molecule is CCOc1ccc(/C=N\OCc2nc(N)nc(N)n2)cc1. The molecule has 110 valence electrons. The second kappa shape index (κ2) is 7.04. The molecular weight excluding hydrogens is 272 g/mol. The number of anilines is 2. The topological polar surface area (TPSA) is 122 Å². The fourth-order valence-corrected chi connectivity index (χ4v) is 1.53. The molecule has 0 spiro atoms. The minimum atomic E-state index is 0.0524. The number of nitrogens with two attached hydrogens (primary N) is 2. The van der Waals surface area contributed by atoms with Crippen LogP contribution in [0.1, 0.15) is 18.3 Å². The first-order valence-corrected chi connectivity index (χ1v) is 6.31. The van der Waals surface area contributed by atoms with Crippen molar-refractivity contribution >= 4 is 18.1 Å². The molecule has 0 saturated heterocycles. The van der Waals surface area contributed by atoms with Crippen molar-refractivity contribution in [2.45, 2.75) is 13.5 Å². The van der Waals surface area contributed by atoms with Crippen molar-refractivity contribution in [3.63, 3.8) is 0 Å². The van der Waals surface area contributed by atoms with Crippen LogP contribution in [0.4, 0.5) is 11.9 Å². The highest BCUT2D eigenvalue weighted by Gasteiger charge is 2.01. The first-order valence-electron chi connectivity index (χ1n) is 6.31. The lowest BCUT2D eigenvalue weighted by Gasteiger charge is -2.02. The molecule has 1 heterocycles. The molecule has 4 N–H and O–H groups in total. The molecule has 8 nitrogen and oxygen atoms in total. The highest BCUT2D eigenvalue weighted by molar-refractivity contribution is 5.79. The number of hydrogen-bond acceptors (Lipinski definition) is 8. The maximum atomic E-state index is 5.45. The number of nitrogens with zero attached hydrogens (tertiary/aromatic N) is 4. The molecule has 2 aromatic rings. The maximum Gasteiger partial charge on any atom is 0.225 e. The van der Waals surface area contributed by atoms with Gasteiger partial charge in [-0.1, -0.05) is 5.16 Å². The lowest BCUT2D eigenvalue weighted by molar-refractivity contribution is 0.126. The van der Waals surface area contributed by atoms with Gasteiger partial charge in [0.25, 0.3) is 0 Å². The Labute approximate surface area is 121 Å². The summed E-state index contributed by atoms with van der Waals surface area (Å²) < 4.78 is 5.34. The van der Waals surface area contributed by atoms with Gasteiger partial charge in [0.2, 0.25) is 11.9 Å². The Morgan fingerprint density at radius 2 is 1.76 bits per heavy atom. The molecule has 1 aromatic heterocycles. The molecule has 0 bridgehead atoms. The van der Waals surface area contributed by atoms with Gasteiger partial charge in [-0.05, 0) is 36.8 Å². The molecule has 0 saturated carbocycles. The van der Waals surface area contributed by atoms with Crippen molar-refractivity contribution in [2.24, 2.45) is 5.16 Å². The van der Waals surface area contributed by atoms with Crippen LogP contribution in [0, 0.1) is 0 Å². The summed E-state index contributed by atoms with van der Waals surface area (Å²) in [5.74, 6) is 1.24. The van der Waals surface area contributed by atoms with Crippen molar-refractivity contribution in [2.75, 3.05) is 18.1 Å². The van der Waals surface area contributed by atoms with Crippen LogP contribution in [-0.4, -0.2) is 27.8 Å². The molecule has 0 fully saturated rings. The number of benzene rings is 1. The normalized spacial score (nSPS) is 10.7.